The summed E-state index contributed by atoms with van der Waals surface area (Å²) < 4.78 is 52.6. The van der Waals surface area contributed by atoms with Gasteiger partial charge in [-0.15, -0.1) is 0 Å². The van der Waals surface area contributed by atoms with Gasteiger partial charge in [0.2, 0.25) is 10.0 Å². The van der Waals surface area contributed by atoms with Crippen LogP contribution >= 0.6 is 0 Å². The Morgan fingerprint density at radius 1 is 1.23 bits per heavy atom. The Balaban J connectivity index is 2.01. The number of rotatable bonds is 5. The van der Waals surface area contributed by atoms with Crippen molar-refractivity contribution in [1.82, 2.24) is 13.3 Å². The highest BCUT2D eigenvalue weighted by Crippen LogP contribution is 2.39. The van der Waals surface area contributed by atoms with E-state index in [1.165, 1.54) is 26.6 Å². The maximum absolute atomic E-state index is 12.3. The number of nitrogens with one attached hydrogen (secondary N) is 1. The van der Waals surface area contributed by atoms with Crippen LogP contribution in [0.2, 0.25) is 0 Å². The Kier molecular flexibility index (Phi) is 4.84. The molecule has 2 aromatic rings. The number of sulfonamides is 1. The van der Waals surface area contributed by atoms with Crippen molar-refractivity contribution in [2.75, 3.05) is 25.1 Å². The molecule has 0 saturated heterocycles. The summed E-state index contributed by atoms with van der Waals surface area (Å²) in [5.41, 5.74) is 3.17. The minimum Gasteiger partial charge on any atom is -0.283 e. The highest BCUT2D eigenvalue weighted by molar-refractivity contribution is 7.92. The Labute approximate surface area is 154 Å². The lowest BCUT2D eigenvalue weighted by molar-refractivity contribution is 0.510. The summed E-state index contributed by atoms with van der Waals surface area (Å²) in [6.45, 7) is 0. The fourth-order valence-corrected chi connectivity index (χ4v) is 4.64. The quantitative estimate of drug-likeness (QED) is 0.820. The van der Waals surface area contributed by atoms with Gasteiger partial charge in [0.25, 0.3) is 0 Å². The number of hydrogen-bond acceptors (Lipinski definition) is 5. The van der Waals surface area contributed by atoms with E-state index in [9.17, 15) is 16.8 Å². The molecule has 26 heavy (non-hydrogen) atoms. The van der Waals surface area contributed by atoms with Crippen LogP contribution in [-0.2, 0) is 26.7 Å². The van der Waals surface area contributed by atoms with E-state index in [2.05, 4.69) is 9.71 Å². The molecule has 8 nitrogen and oxygen atoms in total. The van der Waals surface area contributed by atoms with Crippen molar-refractivity contribution in [3.63, 3.8) is 0 Å². The highest BCUT2D eigenvalue weighted by Gasteiger charge is 2.27. The Morgan fingerprint density at radius 2 is 1.96 bits per heavy atom. The van der Waals surface area contributed by atoms with Gasteiger partial charge in [0.15, 0.2) is 0 Å². The Hall–Kier alpha value is -1.91. The van der Waals surface area contributed by atoms with Crippen molar-refractivity contribution in [3.05, 3.63) is 47.5 Å². The summed E-state index contributed by atoms with van der Waals surface area (Å²) in [5, 5.41) is 0. The highest BCUT2D eigenvalue weighted by atomic mass is 32.2. The van der Waals surface area contributed by atoms with Gasteiger partial charge in [-0.05, 0) is 36.5 Å². The number of anilines is 1. The van der Waals surface area contributed by atoms with Crippen molar-refractivity contribution >= 4 is 25.9 Å². The van der Waals surface area contributed by atoms with Gasteiger partial charge in [0.1, 0.15) is 6.33 Å². The second kappa shape index (κ2) is 6.67. The molecule has 0 saturated carbocycles. The number of imidazole rings is 1. The molecule has 0 spiro atoms. The van der Waals surface area contributed by atoms with Crippen LogP contribution in [0.1, 0.15) is 35.6 Å². The monoisotopic (exact) mass is 398 g/mol. The normalized spacial score (nSPS) is 17.9. The number of aromatic nitrogens is 2. The average Bonchev–Trinajstić information content (AvgIpc) is 3.03. The molecule has 1 heterocycles. The molecule has 1 N–H and O–H groups in total. The molecule has 0 aliphatic heterocycles. The lowest BCUT2D eigenvalue weighted by Gasteiger charge is -2.26. The Bertz CT molecular complexity index is 1030. The van der Waals surface area contributed by atoms with E-state index in [1.807, 2.05) is 6.07 Å². The molecular weight excluding hydrogens is 376 g/mol. The lowest BCUT2D eigenvalue weighted by atomic mass is 9.80. The van der Waals surface area contributed by atoms with E-state index in [1.54, 1.807) is 12.1 Å². The van der Waals surface area contributed by atoms with Crippen LogP contribution in [0, 0.1) is 0 Å². The first-order valence-corrected chi connectivity index (χ1v) is 11.4. The summed E-state index contributed by atoms with van der Waals surface area (Å²) >= 11 is 0. The second-order valence-electron chi connectivity index (χ2n) is 6.61. The van der Waals surface area contributed by atoms with Crippen LogP contribution in [-0.4, -0.2) is 50.4 Å². The molecule has 0 fully saturated rings. The first-order valence-electron chi connectivity index (χ1n) is 8.16. The first kappa shape index (κ1) is 18.9. The van der Waals surface area contributed by atoms with E-state index >= 15 is 0 Å². The van der Waals surface area contributed by atoms with Gasteiger partial charge in [-0.3, -0.25) is 4.72 Å². The van der Waals surface area contributed by atoms with Crippen LogP contribution in [0.5, 0.6) is 0 Å². The van der Waals surface area contributed by atoms with Crippen molar-refractivity contribution in [2.24, 2.45) is 0 Å². The molecule has 1 aromatic heterocycles. The molecule has 3 rings (SSSR count). The van der Waals surface area contributed by atoms with Gasteiger partial charge in [0, 0.05) is 26.2 Å². The molecule has 10 heteroatoms. The molecule has 1 unspecified atom stereocenters. The van der Waals surface area contributed by atoms with Gasteiger partial charge in [-0.2, -0.15) is 12.7 Å². The van der Waals surface area contributed by atoms with Crippen LogP contribution in [0.4, 0.5) is 5.69 Å². The zero-order valence-corrected chi connectivity index (χ0v) is 16.5. The van der Waals surface area contributed by atoms with Crippen molar-refractivity contribution in [3.8, 4) is 0 Å². The fourth-order valence-electron chi connectivity index (χ4n) is 3.27. The predicted molar refractivity (Wildman–Crippen MR) is 99.9 cm³/mol. The average molecular weight is 399 g/mol. The van der Waals surface area contributed by atoms with Gasteiger partial charge >= 0.3 is 10.2 Å². The van der Waals surface area contributed by atoms with E-state index in [-0.39, 0.29) is 5.92 Å². The third-order valence-electron chi connectivity index (χ3n) is 4.47. The van der Waals surface area contributed by atoms with Gasteiger partial charge in [-0.1, -0.05) is 12.1 Å². The van der Waals surface area contributed by atoms with Crippen LogP contribution < -0.4 is 4.72 Å². The van der Waals surface area contributed by atoms with Crippen LogP contribution in [0.3, 0.4) is 0 Å². The maximum Gasteiger partial charge on any atom is 0.308 e. The standard InChI is InChI=1S/C16H22N4O4S2/c1-19(2)26(23,24)20-10-16(17-11-20)14-8-4-7-13-12(14)6-5-9-15(13)18-25(3,21)22/h5-6,9-11,14,18H,4,7-8H2,1-3H3. The number of hydrogen-bond donors (Lipinski definition) is 1. The minimum atomic E-state index is -3.61. The number of nitrogens with zero attached hydrogens (tertiary/aromatic N) is 3. The Morgan fingerprint density at radius 3 is 2.62 bits per heavy atom. The van der Waals surface area contributed by atoms with E-state index < -0.39 is 20.2 Å². The molecular formula is C16H22N4O4S2. The van der Waals surface area contributed by atoms with Crippen molar-refractivity contribution in [1.29, 1.82) is 0 Å². The summed E-state index contributed by atoms with van der Waals surface area (Å²) in [4.78, 5) is 4.31. The van der Waals surface area contributed by atoms with E-state index in [4.69, 9.17) is 0 Å². The maximum atomic E-state index is 12.3. The number of fused-ring (bicyclic) bond motifs is 1. The minimum absolute atomic E-state index is 0.0707. The molecule has 1 aromatic carbocycles. The molecule has 1 atom stereocenters. The third-order valence-corrected chi connectivity index (χ3v) is 6.71. The van der Waals surface area contributed by atoms with Crippen molar-refractivity contribution in [2.45, 2.75) is 25.2 Å². The first-order chi connectivity index (χ1) is 12.1. The molecule has 1 aliphatic rings. The zero-order chi connectivity index (χ0) is 19.1. The largest absolute Gasteiger partial charge is 0.308 e. The van der Waals surface area contributed by atoms with Crippen LogP contribution in [0.15, 0.2) is 30.7 Å². The van der Waals surface area contributed by atoms with E-state index in [0.717, 1.165) is 44.9 Å². The van der Waals surface area contributed by atoms with E-state index in [0.29, 0.717) is 11.4 Å². The predicted octanol–water partition coefficient (Wildman–Crippen LogP) is 1.38. The lowest BCUT2D eigenvalue weighted by Crippen LogP contribution is -2.27. The van der Waals surface area contributed by atoms with Crippen LogP contribution in [0.25, 0.3) is 0 Å². The molecule has 0 radical (unpaired) electrons. The SMILES string of the molecule is CN(C)S(=O)(=O)n1cnc(C2CCCc3c(NS(C)(=O)=O)cccc32)c1. The molecule has 0 amide bonds. The van der Waals surface area contributed by atoms with Gasteiger partial charge < -0.3 is 0 Å². The van der Waals surface area contributed by atoms with Gasteiger partial charge in [-0.25, -0.2) is 17.4 Å². The van der Waals surface area contributed by atoms with Gasteiger partial charge in [0.05, 0.1) is 17.6 Å². The summed E-state index contributed by atoms with van der Waals surface area (Å²) in [6.07, 6.45) is 6.42. The molecule has 142 valence electrons. The topological polar surface area (TPSA) is 101 Å². The number of benzene rings is 1. The zero-order valence-electron chi connectivity index (χ0n) is 14.9. The summed E-state index contributed by atoms with van der Waals surface area (Å²) in [7, 11) is -4.05. The summed E-state index contributed by atoms with van der Waals surface area (Å²) in [5.74, 6) is -0.0707. The molecule has 1 aliphatic carbocycles. The molecule has 0 bridgehead atoms. The summed E-state index contributed by atoms with van der Waals surface area (Å²) in [6, 6.07) is 5.50. The fraction of sp³-hybridized carbons (Fsp3) is 0.438. The van der Waals surface area contributed by atoms with Crippen molar-refractivity contribution < 1.29 is 16.8 Å². The second-order valence-corrected chi connectivity index (χ2v) is 10.4. The smallest absolute Gasteiger partial charge is 0.283 e. The third kappa shape index (κ3) is 3.62.